The van der Waals surface area contributed by atoms with Crippen molar-refractivity contribution in [2.45, 2.75) is 26.3 Å². The highest BCUT2D eigenvalue weighted by atomic mass is 19.1. The Balaban J connectivity index is 1.55. The molecule has 0 fully saturated rings. The molecule has 0 saturated heterocycles. The number of aryl methyl sites for hydroxylation is 2. The monoisotopic (exact) mass is 419 g/mol. The van der Waals surface area contributed by atoms with E-state index < -0.39 is 0 Å². The largest absolute Gasteiger partial charge is 0.382 e. The van der Waals surface area contributed by atoms with E-state index in [-0.39, 0.29) is 11.6 Å². The number of guanidine groups is 1. The zero-order valence-corrected chi connectivity index (χ0v) is 17.7. The van der Waals surface area contributed by atoms with Crippen molar-refractivity contribution in [3.63, 3.8) is 0 Å². The van der Waals surface area contributed by atoms with Crippen LogP contribution in [0.1, 0.15) is 28.8 Å². The molecule has 0 aliphatic heterocycles. The second-order valence-electron chi connectivity index (χ2n) is 7.15. The van der Waals surface area contributed by atoms with Gasteiger partial charge < -0.3 is 16.4 Å². The lowest BCUT2D eigenvalue weighted by molar-refractivity contribution is 0.627. The number of benzene rings is 2. The molecule has 3 rings (SSSR count). The Hall–Kier alpha value is -3.86. The molecule has 2 aromatic carbocycles. The molecule has 0 amide bonds. The number of nitrogens with two attached hydrogens (primary N) is 1. The van der Waals surface area contributed by atoms with Crippen molar-refractivity contribution in [1.29, 1.82) is 5.26 Å². The van der Waals surface area contributed by atoms with Gasteiger partial charge in [-0.25, -0.2) is 9.07 Å². The van der Waals surface area contributed by atoms with Gasteiger partial charge in [-0.3, -0.25) is 4.99 Å². The predicted octanol–water partition coefficient (Wildman–Crippen LogP) is 3.07. The lowest BCUT2D eigenvalue weighted by Gasteiger charge is -2.12. The van der Waals surface area contributed by atoms with E-state index in [1.165, 1.54) is 27.9 Å². The lowest BCUT2D eigenvalue weighted by atomic mass is 10.1. The van der Waals surface area contributed by atoms with Crippen LogP contribution in [0.4, 0.5) is 10.2 Å². The van der Waals surface area contributed by atoms with E-state index in [1.54, 1.807) is 19.2 Å². The first-order chi connectivity index (χ1) is 15.0. The fourth-order valence-electron chi connectivity index (χ4n) is 3.13. The molecular weight excluding hydrogens is 393 g/mol. The number of nitrogen functional groups attached to an aromatic ring is 1. The van der Waals surface area contributed by atoms with Crippen molar-refractivity contribution in [2.75, 3.05) is 19.3 Å². The minimum atomic E-state index is -0.342. The maximum absolute atomic E-state index is 13.2. The van der Waals surface area contributed by atoms with Gasteiger partial charge in [0.1, 0.15) is 23.3 Å². The zero-order valence-electron chi connectivity index (χ0n) is 17.7. The number of aliphatic imine (C=N–C) groups is 1. The number of anilines is 1. The van der Waals surface area contributed by atoms with Gasteiger partial charge in [-0.15, -0.1) is 0 Å². The summed E-state index contributed by atoms with van der Waals surface area (Å²) in [6, 6.07) is 16.3. The molecule has 0 unspecified atom stereocenters. The van der Waals surface area contributed by atoms with Gasteiger partial charge in [-0.05, 0) is 49.6 Å². The summed E-state index contributed by atoms with van der Waals surface area (Å²) in [6.07, 6.45) is 1.31. The van der Waals surface area contributed by atoms with Crippen molar-refractivity contribution in [3.8, 4) is 11.8 Å². The van der Waals surface area contributed by atoms with Gasteiger partial charge in [0.15, 0.2) is 5.96 Å². The van der Waals surface area contributed by atoms with Crippen LogP contribution in [0, 0.1) is 24.1 Å². The smallest absolute Gasteiger partial charge is 0.191 e. The molecule has 0 radical (unpaired) electrons. The highest BCUT2D eigenvalue weighted by Crippen LogP contribution is 2.21. The number of nitrogens with one attached hydrogen (secondary N) is 2. The summed E-state index contributed by atoms with van der Waals surface area (Å²) in [7, 11) is 1.73. The SMILES string of the molecule is CN=C(NCCCc1nn(-c2ccc(F)cc2)c(N)c1C#N)NCc1ccc(C)cc1. The fourth-order valence-corrected chi connectivity index (χ4v) is 3.13. The van der Waals surface area contributed by atoms with E-state index in [0.29, 0.717) is 42.4 Å². The summed E-state index contributed by atoms with van der Waals surface area (Å²) in [6.45, 7) is 3.39. The normalized spacial score (nSPS) is 11.2. The van der Waals surface area contributed by atoms with Gasteiger partial charge in [0.2, 0.25) is 0 Å². The Morgan fingerprint density at radius 3 is 2.52 bits per heavy atom. The predicted molar refractivity (Wildman–Crippen MR) is 120 cm³/mol. The minimum absolute atomic E-state index is 0.257. The Labute approximate surface area is 181 Å². The van der Waals surface area contributed by atoms with Crippen molar-refractivity contribution < 1.29 is 4.39 Å². The molecule has 1 heterocycles. The van der Waals surface area contributed by atoms with Gasteiger partial charge in [0.05, 0.1) is 11.4 Å². The highest BCUT2D eigenvalue weighted by molar-refractivity contribution is 5.79. The highest BCUT2D eigenvalue weighted by Gasteiger charge is 2.16. The van der Waals surface area contributed by atoms with Crippen LogP contribution in [-0.2, 0) is 13.0 Å². The van der Waals surface area contributed by atoms with Crippen molar-refractivity contribution >= 4 is 11.8 Å². The molecular formula is C23H26FN7. The molecule has 0 aliphatic rings. The molecule has 3 aromatic rings. The van der Waals surface area contributed by atoms with Crippen LogP contribution in [0.15, 0.2) is 53.5 Å². The molecule has 0 saturated carbocycles. The Kier molecular flexibility index (Phi) is 7.22. The van der Waals surface area contributed by atoms with E-state index in [0.717, 1.165) is 6.42 Å². The molecule has 8 heteroatoms. The average molecular weight is 420 g/mol. The topological polar surface area (TPSA) is 104 Å². The molecule has 4 N–H and O–H groups in total. The van der Waals surface area contributed by atoms with E-state index >= 15 is 0 Å². The first-order valence-corrected chi connectivity index (χ1v) is 10.0. The lowest BCUT2D eigenvalue weighted by Crippen LogP contribution is -2.37. The number of halogens is 1. The van der Waals surface area contributed by atoms with Crippen molar-refractivity contribution in [3.05, 3.63) is 76.7 Å². The number of aromatic nitrogens is 2. The molecule has 1 aromatic heterocycles. The van der Waals surface area contributed by atoms with Gasteiger partial charge in [-0.1, -0.05) is 29.8 Å². The second-order valence-corrected chi connectivity index (χ2v) is 7.15. The molecule has 0 atom stereocenters. The van der Waals surface area contributed by atoms with Crippen molar-refractivity contribution in [1.82, 2.24) is 20.4 Å². The third kappa shape index (κ3) is 5.60. The van der Waals surface area contributed by atoms with Crippen LogP contribution in [0.2, 0.25) is 0 Å². The van der Waals surface area contributed by atoms with Gasteiger partial charge in [0.25, 0.3) is 0 Å². The summed E-state index contributed by atoms with van der Waals surface area (Å²) in [4.78, 5) is 4.24. The van der Waals surface area contributed by atoms with E-state index in [1.807, 2.05) is 0 Å². The van der Waals surface area contributed by atoms with Gasteiger partial charge >= 0.3 is 0 Å². The van der Waals surface area contributed by atoms with Crippen LogP contribution in [0.3, 0.4) is 0 Å². The average Bonchev–Trinajstić information content (AvgIpc) is 3.10. The van der Waals surface area contributed by atoms with Crippen LogP contribution >= 0.6 is 0 Å². The van der Waals surface area contributed by atoms with Crippen LogP contribution in [0.5, 0.6) is 0 Å². The first-order valence-electron chi connectivity index (χ1n) is 10.0. The first kappa shape index (κ1) is 21.8. The molecule has 160 valence electrons. The summed E-state index contributed by atoms with van der Waals surface area (Å²) in [5.74, 6) is 0.621. The van der Waals surface area contributed by atoms with E-state index in [2.05, 4.69) is 58.0 Å². The second kappa shape index (κ2) is 10.3. The minimum Gasteiger partial charge on any atom is -0.382 e. The standard InChI is InChI=1S/C23H26FN7/c1-16-5-7-17(8-6-16)15-29-23(27-2)28-13-3-4-21-20(14-25)22(26)31(30-21)19-11-9-18(24)10-12-19/h5-12H,3-4,13,15,26H2,1-2H3,(H2,27,28,29). The summed E-state index contributed by atoms with van der Waals surface area (Å²) in [5.41, 5.74) is 10.1. The van der Waals surface area contributed by atoms with Crippen LogP contribution in [-0.4, -0.2) is 29.3 Å². The summed E-state index contributed by atoms with van der Waals surface area (Å²) in [5, 5.41) is 20.5. The summed E-state index contributed by atoms with van der Waals surface area (Å²) < 4.78 is 14.7. The third-order valence-corrected chi connectivity index (χ3v) is 4.86. The Bertz CT molecular complexity index is 1080. The maximum Gasteiger partial charge on any atom is 0.191 e. The fraction of sp³-hybridized carbons (Fsp3) is 0.261. The quantitative estimate of drug-likeness (QED) is 0.310. The summed E-state index contributed by atoms with van der Waals surface area (Å²) >= 11 is 0. The number of nitriles is 1. The number of rotatable bonds is 7. The van der Waals surface area contributed by atoms with E-state index in [4.69, 9.17) is 5.73 Å². The number of hydrogen-bond donors (Lipinski definition) is 3. The third-order valence-electron chi connectivity index (χ3n) is 4.86. The molecule has 0 aliphatic carbocycles. The maximum atomic E-state index is 13.2. The van der Waals surface area contributed by atoms with Gasteiger partial charge in [0, 0.05) is 20.1 Å². The van der Waals surface area contributed by atoms with Crippen LogP contribution in [0.25, 0.3) is 5.69 Å². The van der Waals surface area contributed by atoms with Crippen molar-refractivity contribution in [2.24, 2.45) is 4.99 Å². The van der Waals surface area contributed by atoms with E-state index in [9.17, 15) is 9.65 Å². The Morgan fingerprint density at radius 2 is 1.87 bits per heavy atom. The number of nitrogens with zero attached hydrogens (tertiary/aromatic N) is 4. The van der Waals surface area contributed by atoms with Crippen LogP contribution < -0.4 is 16.4 Å². The molecule has 31 heavy (non-hydrogen) atoms. The molecule has 7 nitrogen and oxygen atoms in total. The number of hydrogen-bond acceptors (Lipinski definition) is 4. The van der Waals surface area contributed by atoms with Gasteiger partial charge in [-0.2, -0.15) is 10.4 Å². The Morgan fingerprint density at radius 1 is 1.16 bits per heavy atom. The zero-order chi connectivity index (χ0) is 22.2. The molecule has 0 spiro atoms. The molecule has 0 bridgehead atoms.